The third kappa shape index (κ3) is 1.25. The summed E-state index contributed by atoms with van der Waals surface area (Å²) in [5.74, 6) is 3.36. The zero-order valence-corrected chi connectivity index (χ0v) is 8.89. The molecule has 0 bridgehead atoms. The van der Waals surface area contributed by atoms with Crippen LogP contribution in [0.3, 0.4) is 0 Å². The highest BCUT2D eigenvalue weighted by molar-refractivity contribution is 5.08. The van der Waals surface area contributed by atoms with Crippen LogP contribution in [0.1, 0.15) is 58.3 Å². The molecule has 0 spiro atoms. The fourth-order valence-corrected chi connectivity index (χ4v) is 4.05. The lowest BCUT2D eigenvalue weighted by Crippen LogP contribution is -2.27. The SMILES string of the molecule is CC1CCCCC1C1(C2CC2)CC1. The van der Waals surface area contributed by atoms with Gasteiger partial charge in [0.1, 0.15) is 0 Å². The van der Waals surface area contributed by atoms with Crippen LogP contribution in [-0.4, -0.2) is 0 Å². The van der Waals surface area contributed by atoms with Gasteiger partial charge in [0.25, 0.3) is 0 Å². The maximum absolute atomic E-state index is 2.52. The van der Waals surface area contributed by atoms with Crippen molar-refractivity contribution in [3.8, 4) is 0 Å². The van der Waals surface area contributed by atoms with Crippen molar-refractivity contribution in [3.63, 3.8) is 0 Å². The van der Waals surface area contributed by atoms with Gasteiger partial charge in [-0.15, -0.1) is 0 Å². The minimum absolute atomic E-state index is 0.903. The molecule has 0 aromatic carbocycles. The van der Waals surface area contributed by atoms with Crippen LogP contribution in [0.15, 0.2) is 0 Å². The highest BCUT2D eigenvalue weighted by atomic mass is 14.6. The summed E-state index contributed by atoms with van der Waals surface area (Å²) in [5.41, 5.74) is 0.903. The summed E-state index contributed by atoms with van der Waals surface area (Å²) in [4.78, 5) is 0. The van der Waals surface area contributed by atoms with Gasteiger partial charge in [-0.1, -0.05) is 26.2 Å². The van der Waals surface area contributed by atoms with Crippen molar-refractivity contribution in [1.29, 1.82) is 0 Å². The second-order valence-corrected chi connectivity index (χ2v) is 5.88. The van der Waals surface area contributed by atoms with E-state index in [0.29, 0.717) is 0 Å². The molecule has 3 aliphatic rings. The molecule has 3 fully saturated rings. The van der Waals surface area contributed by atoms with Crippen LogP contribution in [0.25, 0.3) is 0 Å². The van der Waals surface area contributed by atoms with E-state index in [1.54, 1.807) is 32.1 Å². The summed E-state index contributed by atoms with van der Waals surface area (Å²) in [6.45, 7) is 2.52. The fourth-order valence-electron chi connectivity index (χ4n) is 4.05. The van der Waals surface area contributed by atoms with E-state index in [2.05, 4.69) is 6.92 Å². The van der Waals surface area contributed by atoms with Crippen molar-refractivity contribution in [3.05, 3.63) is 0 Å². The summed E-state index contributed by atoms with van der Waals surface area (Å²) in [6.07, 6.45) is 12.5. The maximum atomic E-state index is 2.52. The van der Waals surface area contributed by atoms with Gasteiger partial charge >= 0.3 is 0 Å². The molecule has 0 saturated heterocycles. The van der Waals surface area contributed by atoms with Gasteiger partial charge in [0.05, 0.1) is 0 Å². The van der Waals surface area contributed by atoms with E-state index in [1.165, 1.54) is 25.2 Å². The zero-order valence-electron chi connectivity index (χ0n) is 8.89. The van der Waals surface area contributed by atoms with Crippen molar-refractivity contribution in [2.45, 2.75) is 58.3 Å². The average Bonchev–Trinajstić information content (AvgIpc) is 3.00. The van der Waals surface area contributed by atoms with E-state index in [1.807, 2.05) is 0 Å². The minimum atomic E-state index is 0.903. The molecule has 13 heavy (non-hydrogen) atoms. The molecule has 3 aliphatic carbocycles. The number of hydrogen-bond acceptors (Lipinski definition) is 0. The molecule has 3 rings (SSSR count). The van der Waals surface area contributed by atoms with Crippen molar-refractivity contribution >= 4 is 0 Å². The Bertz CT molecular complexity index is 198. The lowest BCUT2D eigenvalue weighted by atomic mass is 9.69. The molecule has 0 heteroatoms. The molecular weight excluding hydrogens is 156 g/mol. The van der Waals surface area contributed by atoms with Crippen molar-refractivity contribution in [1.82, 2.24) is 0 Å². The van der Waals surface area contributed by atoms with Crippen LogP contribution in [0.2, 0.25) is 0 Å². The summed E-state index contributed by atoms with van der Waals surface area (Å²) in [7, 11) is 0. The van der Waals surface area contributed by atoms with Crippen LogP contribution in [0, 0.1) is 23.2 Å². The predicted octanol–water partition coefficient (Wildman–Crippen LogP) is 4.00. The minimum Gasteiger partial charge on any atom is -0.0622 e. The molecular formula is C13H22. The lowest BCUT2D eigenvalue weighted by Gasteiger charge is -2.36. The van der Waals surface area contributed by atoms with Crippen LogP contribution in [-0.2, 0) is 0 Å². The van der Waals surface area contributed by atoms with Gasteiger partial charge in [-0.3, -0.25) is 0 Å². The highest BCUT2D eigenvalue weighted by Gasteiger charge is 2.58. The molecule has 2 unspecified atom stereocenters. The Morgan fingerprint density at radius 3 is 2.15 bits per heavy atom. The zero-order chi connectivity index (χ0) is 8.89. The average molecular weight is 178 g/mol. The van der Waals surface area contributed by atoms with E-state index < -0.39 is 0 Å². The molecule has 2 atom stereocenters. The molecule has 0 aromatic heterocycles. The van der Waals surface area contributed by atoms with E-state index >= 15 is 0 Å². The van der Waals surface area contributed by atoms with Crippen molar-refractivity contribution < 1.29 is 0 Å². The van der Waals surface area contributed by atoms with Gasteiger partial charge in [0.15, 0.2) is 0 Å². The first kappa shape index (κ1) is 8.32. The number of rotatable bonds is 2. The van der Waals surface area contributed by atoms with Gasteiger partial charge in [-0.05, 0) is 55.3 Å². The first-order chi connectivity index (χ1) is 6.33. The van der Waals surface area contributed by atoms with Gasteiger partial charge in [0.2, 0.25) is 0 Å². The second kappa shape index (κ2) is 2.74. The van der Waals surface area contributed by atoms with Crippen LogP contribution in [0.5, 0.6) is 0 Å². The Hall–Kier alpha value is 0. The Balaban J connectivity index is 1.74. The molecule has 0 heterocycles. The predicted molar refractivity (Wildman–Crippen MR) is 55.5 cm³/mol. The summed E-state index contributed by atoms with van der Waals surface area (Å²) in [6, 6.07) is 0. The summed E-state index contributed by atoms with van der Waals surface area (Å²) < 4.78 is 0. The van der Waals surface area contributed by atoms with E-state index in [9.17, 15) is 0 Å². The maximum Gasteiger partial charge on any atom is -0.0238 e. The third-order valence-corrected chi connectivity index (χ3v) is 5.07. The normalized spacial score (nSPS) is 43.2. The molecule has 0 radical (unpaired) electrons. The van der Waals surface area contributed by atoms with Crippen LogP contribution >= 0.6 is 0 Å². The second-order valence-electron chi connectivity index (χ2n) is 5.88. The summed E-state index contributed by atoms with van der Waals surface area (Å²) >= 11 is 0. The Kier molecular flexibility index (Phi) is 1.76. The molecule has 0 aliphatic heterocycles. The Morgan fingerprint density at radius 2 is 1.62 bits per heavy atom. The number of hydrogen-bond donors (Lipinski definition) is 0. The smallest absolute Gasteiger partial charge is 0.0238 e. The molecule has 0 N–H and O–H groups in total. The fraction of sp³-hybridized carbons (Fsp3) is 1.00. The van der Waals surface area contributed by atoms with E-state index in [4.69, 9.17) is 0 Å². The topological polar surface area (TPSA) is 0 Å². The molecule has 3 saturated carbocycles. The van der Waals surface area contributed by atoms with Gasteiger partial charge in [-0.25, -0.2) is 0 Å². The quantitative estimate of drug-likeness (QED) is 0.599. The van der Waals surface area contributed by atoms with Crippen LogP contribution < -0.4 is 0 Å². The first-order valence-electron chi connectivity index (χ1n) is 6.33. The standard InChI is InChI=1S/C13H22/c1-10-4-2-3-5-12(10)13(8-9-13)11-6-7-11/h10-12H,2-9H2,1H3. The van der Waals surface area contributed by atoms with E-state index in [0.717, 1.165) is 17.3 Å². The third-order valence-electron chi connectivity index (χ3n) is 5.07. The first-order valence-corrected chi connectivity index (χ1v) is 6.33. The van der Waals surface area contributed by atoms with Crippen LogP contribution in [0.4, 0.5) is 0 Å². The molecule has 0 aromatic rings. The van der Waals surface area contributed by atoms with Crippen molar-refractivity contribution in [2.75, 3.05) is 0 Å². The molecule has 74 valence electrons. The molecule has 0 nitrogen and oxygen atoms in total. The van der Waals surface area contributed by atoms with Gasteiger partial charge in [0, 0.05) is 0 Å². The Labute approximate surface area is 82.1 Å². The summed E-state index contributed by atoms with van der Waals surface area (Å²) in [5, 5.41) is 0. The lowest BCUT2D eigenvalue weighted by molar-refractivity contribution is 0.137. The van der Waals surface area contributed by atoms with Gasteiger partial charge < -0.3 is 0 Å². The van der Waals surface area contributed by atoms with Gasteiger partial charge in [-0.2, -0.15) is 0 Å². The monoisotopic (exact) mass is 178 g/mol. The largest absolute Gasteiger partial charge is 0.0622 e. The molecule has 0 amide bonds. The van der Waals surface area contributed by atoms with Crippen molar-refractivity contribution in [2.24, 2.45) is 23.2 Å². The Morgan fingerprint density at radius 1 is 0.923 bits per heavy atom. The highest BCUT2D eigenvalue weighted by Crippen LogP contribution is 2.68. The van der Waals surface area contributed by atoms with E-state index in [-0.39, 0.29) is 0 Å².